The lowest BCUT2D eigenvalue weighted by Crippen LogP contribution is -2.03. The van der Waals surface area contributed by atoms with Crippen molar-refractivity contribution >= 4 is 5.97 Å². The van der Waals surface area contributed by atoms with E-state index in [0.717, 1.165) is 6.42 Å². The number of hydrogen-bond acceptors (Lipinski definition) is 4. The van der Waals surface area contributed by atoms with Crippen molar-refractivity contribution in [1.29, 1.82) is 0 Å². The van der Waals surface area contributed by atoms with Gasteiger partial charge >= 0.3 is 5.97 Å². The van der Waals surface area contributed by atoms with E-state index in [1.54, 1.807) is 0 Å². The normalized spacial score (nSPS) is 11.4. The largest absolute Gasteiger partial charge is 0.466 e. The highest BCUT2D eigenvalue weighted by Gasteiger charge is 1.92. The van der Waals surface area contributed by atoms with Crippen LogP contribution >= 0.6 is 0 Å². The Bertz CT molecular complexity index is 157. The Morgan fingerprint density at radius 1 is 1.18 bits per heavy atom. The van der Waals surface area contributed by atoms with Gasteiger partial charge in [0.1, 0.15) is 0 Å². The van der Waals surface area contributed by atoms with Crippen molar-refractivity contribution in [3.63, 3.8) is 0 Å². The van der Waals surface area contributed by atoms with Gasteiger partial charge in [-0.25, -0.2) is 0 Å². The first-order chi connectivity index (χ1) is 8.04. The van der Waals surface area contributed by atoms with Crippen molar-refractivity contribution in [2.75, 3.05) is 13.2 Å². The first-order valence-electron chi connectivity index (χ1n) is 6.46. The van der Waals surface area contributed by atoms with Crippen molar-refractivity contribution in [2.45, 2.75) is 65.4 Å². The second kappa shape index (κ2) is 15.4. The minimum Gasteiger partial charge on any atom is -0.466 e. The van der Waals surface area contributed by atoms with Crippen LogP contribution in [0.5, 0.6) is 0 Å². The first kappa shape index (κ1) is 18.7. The van der Waals surface area contributed by atoms with Gasteiger partial charge in [-0.05, 0) is 13.3 Å². The van der Waals surface area contributed by atoms with Crippen molar-refractivity contribution in [1.82, 2.24) is 0 Å². The number of aliphatic hydroxyl groups excluding tert-OH is 2. The first-order valence-corrected chi connectivity index (χ1v) is 6.46. The van der Waals surface area contributed by atoms with Crippen LogP contribution in [0.2, 0.25) is 0 Å². The maximum atomic E-state index is 10.4. The van der Waals surface area contributed by atoms with Crippen molar-refractivity contribution < 1.29 is 19.7 Å². The number of esters is 1. The summed E-state index contributed by atoms with van der Waals surface area (Å²) in [5.41, 5.74) is 0. The standard InChI is InChI=1S/C10H20O2.C3H8O2/c1-3-4-5-6-7-8-9-12-10(2)11;1-3(5)2-4/h3-9H2,1-2H3;3-5H,2H2,1H3. The molecule has 0 rings (SSSR count). The molecule has 0 aliphatic rings. The van der Waals surface area contributed by atoms with Crippen LogP contribution in [-0.4, -0.2) is 35.5 Å². The minimum atomic E-state index is -0.560. The predicted molar refractivity (Wildman–Crippen MR) is 68.8 cm³/mol. The molecule has 0 bridgehead atoms. The molecule has 17 heavy (non-hydrogen) atoms. The molecule has 0 fully saturated rings. The zero-order valence-electron chi connectivity index (χ0n) is 11.4. The van der Waals surface area contributed by atoms with Crippen LogP contribution in [0.25, 0.3) is 0 Å². The van der Waals surface area contributed by atoms with Crippen LogP contribution in [0.1, 0.15) is 59.3 Å². The molecule has 0 aromatic carbocycles. The molecule has 2 N–H and O–H groups in total. The summed E-state index contributed by atoms with van der Waals surface area (Å²) in [4.78, 5) is 10.4. The molecule has 0 amide bonds. The quantitative estimate of drug-likeness (QED) is 0.511. The average Bonchev–Trinajstić information content (AvgIpc) is 2.28. The lowest BCUT2D eigenvalue weighted by molar-refractivity contribution is -0.141. The number of aliphatic hydroxyl groups is 2. The zero-order chi connectivity index (χ0) is 13.5. The summed E-state index contributed by atoms with van der Waals surface area (Å²) >= 11 is 0. The third-order valence-electron chi connectivity index (χ3n) is 2.07. The molecule has 1 atom stereocenters. The Balaban J connectivity index is 0. The molecule has 0 heterocycles. The van der Waals surface area contributed by atoms with Crippen LogP contribution in [0.15, 0.2) is 0 Å². The third-order valence-corrected chi connectivity index (χ3v) is 2.07. The molecule has 0 spiro atoms. The van der Waals surface area contributed by atoms with E-state index in [0.29, 0.717) is 6.61 Å². The summed E-state index contributed by atoms with van der Waals surface area (Å²) < 4.78 is 4.81. The Kier molecular flexibility index (Phi) is 17.0. The minimum absolute atomic E-state index is 0.139. The van der Waals surface area contributed by atoms with Gasteiger partial charge in [-0.3, -0.25) is 4.79 Å². The van der Waals surface area contributed by atoms with E-state index in [2.05, 4.69) is 6.92 Å². The van der Waals surface area contributed by atoms with E-state index in [1.807, 2.05) is 0 Å². The lowest BCUT2D eigenvalue weighted by Gasteiger charge is -2.01. The predicted octanol–water partition coefficient (Wildman–Crippen LogP) is 2.27. The Hall–Kier alpha value is -0.610. The maximum Gasteiger partial charge on any atom is 0.302 e. The van der Waals surface area contributed by atoms with Crippen molar-refractivity contribution in [3.8, 4) is 0 Å². The number of unbranched alkanes of at least 4 members (excludes halogenated alkanes) is 5. The molecular formula is C13H28O4. The SMILES string of the molecule is CC(O)CO.CCCCCCCCOC(C)=O. The summed E-state index contributed by atoms with van der Waals surface area (Å²) in [6, 6.07) is 0. The molecule has 0 aromatic rings. The zero-order valence-corrected chi connectivity index (χ0v) is 11.4. The van der Waals surface area contributed by atoms with Gasteiger partial charge in [-0.1, -0.05) is 39.0 Å². The number of carbonyl (C=O) groups is 1. The molecule has 0 aliphatic heterocycles. The summed E-state index contributed by atoms with van der Waals surface area (Å²) in [6.07, 6.45) is 6.84. The topological polar surface area (TPSA) is 66.8 Å². The molecule has 0 saturated heterocycles. The van der Waals surface area contributed by atoms with Gasteiger partial charge in [0.25, 0.3) is 0 Å². The summed E-state index contributed by atoms with van der Waals surface area (Å²) in [5.74, 6) is -0.163. The smallest absolute Gasteiger partial charge is 0.302 e. The number of carbonyl (C=O) groups excluding carboxylic acids is 1. The summed E-state index contributed by atoms with van der Waals surface area (Å²) in [6.45, 7) is 5.65. The molecule has 0 radical (unpaired) electrons. The van der Waals surface area contributed by atoms with E-state index in [4.69, 9.17) is 14.9 Å². The highest BCUT2D eigenvalue weighted by Crippen LogP contribution is 2.04. The Morgan fingerprint density at radius 2 is 1.65 bits per heavy atom. The molecule has 0 aromatic heterocycles. The monoisotopic (exact) mass is 248 g/mol. The van der Waals surface area contributed by atoms with E-state index in [1.165, 1.54) is 46.0 Å². The fourth-order valence-electron chi connectivity index (χ4n) is 1.10. The van der Waals surface area contributed by atoms with Gasteiger partial charge < -0.3 is 14.9 Å². The Labute approximate surface area is 105 Å². The van der Waals surface area contributed by atoms with Crippen LogP contribution in [-0.2, 0) is 9.53 Å². The van der Waals surface area contributed by atoms with Gasteiger partial charge in [0.15, 0.2) is 0 Å². The van der Waals surface area contributed by atoms with E-state index in [9.17, 15) is 4.79 Å². The number of ether oxygens (including phenoxy) is 1. The highest BCUT2D eigenvalue weighted by atomic mass is 16.5. The van der Waals surface area contributed by atoms with Crippen LogP contribution < -0.4 is 0 Å². The van der Waals surface area contributed by atoms with Crippen molar-refractivity contribution in [3.05, 3.63) is 0 Å². The fraction of sp³-hybridized carbons (Fsp3) is 0.923. The molecule has 0 aliphatic carbocycles. The van der Waals surface area contributed by atoms with Gasteiger partial charge in [0, 0.05) is 6.92 Å². The maximum absolute atomic E-state index is 10.4. The molecule has 4 heteroatoms. The number of rotatable bonds is 8. The van der Waals surface area contributed by atoms with E-state index in [-0.39, 0.29) is 12.6 Å². The van der Waals surface area contributed by atoms with E-state index >= 15 is 0 Å². The van der Waals surface area contributed by atoms with Crippen LogP contribution in [0.3, 0.4) is 0 Å². The van der Waals surface area contributed by atoms with Gasteiger partial charge in [-0.15, -0.1) is 0 Å². The van der Waals surface area contributed by atoms with Crippen molar-refractivity contribution in [2.24, 2.45) is 0 Å². The molecule has 4 nitrogen and oxygen atoms in total. The highest BCUT2D eigenvalue weighted by molar-refractivity contribution is 5.65. The third kappa shape index (κ3) is 25.6. The summed E-state index contributed by atoms with van der Waals surface area (Å²) in [7, 11) is 0. The van der Waals surface area contributed by atoms with Crippen LogP contribution in [0, 0.1) is 0 Å². The number of hydrogen-bond donors (Lipinski definition) is 2. The van der Waals surface area contributed by atoms with Gasteiger partial charge in [0.05, 0.1) is 19.3 Å². The second-order valence-corrected chi connectivity index (χ2v) is 4.14. The van der Waals surface area contributed by atoms with Crippen LogP contribution in [0.4, 0.5) is 0 Å². The lowest BCUT2D eigenvalue weighted by atomic mass is 10.1. The molecule has 1 unspecified atom stereocenters. The second-order valence-electron chi connectivity index (χ2n) is 4.14. The molecule has 104 valence electrons. The average molecular weight is 248 g/mol. The summed E-state index contributed by atoms with van der Waals surface area (Å²) in [5, 5.41) is 16.0. The van der Waals surface area contributed by atoms with Gasteiger partial charge in [0.2, 0.25) is 0 Å². The molecular weight excluding hydrogens is 220 g/mol. The molecule has 0 saturated carbocycles. The fourth-order valence-corrected chi connectivity index (χ4v) is 1.10. The van der Waals surface area contributed by atoms with E-state index < -0.39 is 6.10 Å². The Morgan fingerprint density at radius 3 is 2.06 bits per heavy atom. The van der Waals surface area contributed by atoms with Gasteiger partial charge in [-0.2, -0.15) is 0 Å².